The van der Waals surface area contributed by atoms with Gasteiger partial charge in [-0.05, 0) is 26.7 Å². The molecular formula is C22H30O8. The summed E-state index contributed by atoms with van der Waals surface area (Å²) < 4.78 is 23.5. The van der Waals surface area contributed by atoms with Crippen molar-refractivity contribution in [2.45, 2.75) is 71.2 Å². The van der Waals surface area contributed by atoms with Crippen LogP contribution < -0.4 is 0 Å². The number of aliphatic hydroxyl groups is 2. The molecule has 3 aliphatic carbocycles. The van der Waals surface area contributed by atoms with Crippen molar-refractivity contribution in [3.05, 3.63) is 11.8 Å². The van der Waals surface area contributed by atoms with E-state index in [4.69, 9.17) is 18.9 Å². The molecule has 0 radical (unpaired) electrons. The van der Waals surface area contributed by atoms with Gasteiger partial charge < -0.3 is 29.2 Å². The van der Waals surface area contributed by atoms with E-state index in [2.05, 4.69) is 0 Å². The van der Waals surface area contributed by atoms with Gasteiger partial charge in [0.2, 0.25) is 6.29 Å². The Hall–Kier alpha value is -1.64. The zero-order valence-electron chi connectivity index (χ0n) is 17.7. The van der Waals surface area contributed by atoms with Crippen molar-refractivity contribution in [2.75, 3.05) is 6.61 Å². The second-order valence-corrected chi connectivity index (χ2v) is 10.0. The molecule has 5 aliphatic rings. The predicted octanol–water partition coefficient (Wildman–Crippen LogP) is 1.14. The summed E-state index contributed by atoms with van der Waals surface area (Å²) in [5.74, 6) is -1.51. The molecule has 30 heavy (non-hydrogen) atoms. The van der Waals surface area contributed by atoms with Gasteiger partial charge in [0.1, 0.15) is 6.10 Å². The molecule has 0 amide bonds. The Morgan fingerprint density at radius 2 is 2.10 bits per heavy atom. The van der Waals surface area contributed by atoms with Gasteiger partial charge in [0.05, 0.1) is 30.5 Å². The molecule has 2 N–H and O–H groups in total. The fourth-order valence-corrected chi connectivity index (χ4v) is 7.12. The Balaban J connectivity index is 1.55. The molecule has 11 atom stereocenters. The van der Waals surface area contributed by atoms with E-state index in [9.17, 15) is 19.8 Å². The molecule has 166 valence electrons. The third-order valence-electron chi connectivity index (χ3n) is 8.59. The van der Waals surface area contributed by atoms with E-state index < -0.39 is 47.5 Å². The number of carbonyl (C=O) groups is 2. The Morgan fingerprint density at radius 1 is 1.37 bits per heavy atom. The van der Waals surface area contributed by atoms with Gasteiger partial charge in [0.15, 0.2) is 6.10 Å². The van der Waals surface area contributed by atoms with Crippen LogP contribution in [-0.2, 0) is 28.5 Å². The minimum absolute atomic E-state index is 0.0618. The molecule has 3 saturated carbocycles. The fourth-order valence-electron chi connectivity index (χ4n) is 7.12. The fraction of sp³-hybridized carbons (Fsp3) is 0.818. The Bertz CT molecular complexity index is 807. The van der Waals surface area contributed by atoms with E-state index in [1.54, 1.807) is 13.2 Å². The lowest BCUT2D eigenvalue weighted by molar-refractivity contribution is -0.212. The van der Waals surface area contributed by atoms with Crippen LogP contribution in [0, 0.1) is 34.5 Å². The van der Waals surface area contributed by atoms with Crippen LogP contribution in [0.5, 0.6) is 0 Å². The van der Waals surface area contributed by atoms with Gasteiger partial charge in [-0.15, -0.1) is 0 Å². The summed E-state index contributed by atoms with van der Waals surface area (Å²) in [6.45, 7) is 7.16. The number of aliphatic hydroxyl groups excluding tert-OH is 2. The van der Waals surface area contributed by atoms with Crippen LogP contribution in [0.4, 0.5) is 0 Å². The van der Waals surface area contributed by atoms with Crippen LogP contribution >= 0.6 is 0 Å². The maximum absolute atomic E-state index is 13.1. The molecule has 2 aliphatic heterocycles. The van der Waals surface area contributed by atoms with E-state index in [1.165, 1.54) is 6.92 Å². The monoisotopic (exact) mass is 422 g/mol. The Labute approximate surface area is 175 Å². The number of hydrogen-bond donors (Lipinski definition) is 2. The Morgan fingerprint density at radius 3 is 2.77 bits per heavy atom. The molecular weight excluding hydrogens is 392 g/mol. The van der Waals surface area contributed by atoms with Crippen molar-refractivity contribution >= 4 is 11.9 Å². The molecule has 4 fully saturated rings. The number of fused-ring (bicyclic) bond motifs is 3. The average molecular weight is 422 g/mol. The Kier molecular flexibility index (Phi) is 4.35. The zero-order chi connectivity index (χ0) is 21.6. The predicted molar refractivity (Wildman–Crippen MR) is 101 cm³/mol. The van der Waals surface area contributed by atoms with E-state index in [0.717, 1.165) is 5.57 Å². The minimum atomic E-state index is -0.935. The first-order valence-electron chi connectivity index (χ1n) is 10.8. The summed E-state index contributed by atoms with van der Waals surface area (Å²) in [6.07, 6.45) is -0.345. The van der Waals surface area contributed by atoms with Gasteiger partial charge in [-0.3, -0.25) is 9.59 Å². The zero-order valence-corrected chi connectivity index (χ0v) is 17.7. The van der Waals surface area contributed by atoms with Crippen molar-refractivity contribution in [3.63, 3.8) is 0 Å². The molecule has 8 heteroatoms. The molecule has 1 spiro atoms. The maximum atomic E-state index is 13.1. The summed E-state index contributed by atoms with van der Waals surface area (Å²) in [5, 5.41) is 20.9. The third kappa shape index (κ3) is 2.33. The van der Waals surface area contributed by atoms with Gasteiger partial charge in [-0.1, -0.05) is 6.92 Å². The highest BCUT2D eigenvalue weighted by molar-refractivity contribution is 5.82. The number of hydrogen-bond acceptors (Lipinski definition) is 8. The van der Waals surface area contributed by atoms with E-state index >= 15 is 0 Å². The van der Waals surface area contributed by atoms with Crippen molar-refractivity contribution < 1.29 is 38.7 Å². The summed E-state index contributed by atoms with van der Waals surface area (Å²) in [7, 11) is 0. The number of ether oxygens (including phenoxy) is 4. The molecule has 1 saturated heterocycles. The van der Waals surface area contributed by atoms with Crippen LogP contribution in [0.15, 0.2) is 11.8 Å². The SMILES string of the molecule is CC(=O)OC1[C@@H]2OC(=O)[C@]3(C)[C@H]1C[C@@]14C2=CO[C@@H](OC[C@@H](C)[C@H](C)O)[C@H]1C[C@@H](O)[C@@H]34. The second kappa shape index (κ2) is 6.43. The highest BCUT2D eigenvalue weighted by Crippen LogP contribution is 2.77. The van der Waals surface area contributed by atoms with Gasteiger partial charge in [-0.25, -0.2) is 0 Å². The lowest BCUT2D eigenvalue weighted by Crippen LogP contribution is -2.58. The summed E-state index contributed by atoms with van der Waals surface area (Å²) in [4.78, 5) is 24.9. The molecule has 0 aromatic heterocycles. The lowest BCUT2D eigenvalue weighted by atomic mass is 9.61. The first-order valence-corrected chi connectivity index (χ1v) is 10.8. The molecule has 8 nitrogen and oxygen atoms in total. The van der Waals surface area contributed by atoms with Crippen molar-refractivity contribution in [1.82, 2.24) is 0 Å². The second-order valence-electron chi connectivity index (χ2n) is 10.0. The highest BCUT2D eigenvalue weighted by atomic mass is 16.7. The van der Waals surface area contributed by atoms with Crippen molar-refractivity contribution in [2.24, 2.45) is 34.5 Å². The topological polar surface area (TPSA) is 112 Å². The summed E-state index contributed by atoms with van der Waals surface area (Å²) in [6, 6.07) is 0. The first-order chi connectivity index (χ1) is 14.1. The molecule has 5 rings (SSSR count). The van der Waals surface area contributed by atoms with E-state index in [-0.39, 0.29) is 29.6 Å². The molecule has 0 aromatic carbocycles. The highest BCUT2D eigenvalue weighted by Gasteiger charge is 2.82. The smallest absolute Gasteiger partial charge is 0.313 e. The molecule has 1 unspecified atom stereocenters. The van der Waals surface area contributed by atoms with E-state index in [1.807, 2.05) is 13.8 Å². The first kappa shape index (κ1) is 20.3. The molecule has 2 heterocycles. The third-order valence-corrected chi connectivity index (χ3v) is 8.59. The van der Waals surface area contributed by atoms with E-state index in [0.29, 0.717) is 19.4 Å². The normalized spacial score (nSPS) is 49.6. The summed E-state index contributed by atoms with van der Waals surface area (Å²) in [5.41, 5.74) is -0.618. The summed E-state index contributed by atoms with van der Waals surface area (Å²) >= 11 is 0. The number of carbonyl (C=O) groups excluding carboxylic acids is 2. The van der Waals surface area contributed by atoms with Crippen LogP contribution in [-0.4, -0.2) is 59.5 Å². The van der Waals surface area contributed by atoms with Gasteiger partial charge >= 0.3 is 11.9 Å². The van der Waals surface area contributed by atoms with Gasteiger partial charge in [0.25, 0.3) is 0 Å². The number of esters is 2. The van der Waals surface area contributed by atoms with Crippen LogP contribution in [0.25, 0.3) is 0 Å². The number of rotatable bonds is 5. The van der Waals surface area contributed by atoms with Crippen LogP contribution in [0.2, 0.25) is 0 Å². The van der Waals surface area contributed by atoms with Crippen LogP contribution in [0.3, 0.4) is 0 Å². The van der Waals surface area contributed by atoms with Crippen molar-refractivity contribution in [1.29, 1.82) is 0 Å². The van der Waals surface area contributed by atoms with Crippen LogP contribution in [0.1, 0.15) is 40.5 Å². The van der Waals surface area contributed by atoms with Gasteiger partial charge in [-0.2, -0.15) is 0 Å². The molecule has 3 bridgehead atoms. The molecule has 0 aromatic rings. The van der Waals surface area contributed by atoms with Gasteiger partial charge in [0, 0.05) is 41.6 Å². The quantitative estimate of drug-likeness (QED) is 0.635. The largest absolute Gasteiger partial charge is 0.472 e. The van der Waals surface area contributed by atoms with Crippen molar-refractivity contribution in [3.8, 4) is 0 Å². The maximum Gasteiger partial charge on any atom is 0.313 e. The standard InChI is InChI=1S/C22H30O8/c1-9(10(2)23)7-27-19-12-5-15(25)18-21(4)13-6-22(12,18)14(8-28-19)17(30-20(21)26)16(13)29-11(3)24/h8-10,12-13,15-19,23,25H,5-7H2,1-4H3/t9-,10+,12-,13+,15-,16?,17-,18+,19-,21-,22+/m1/s1. The average Bonchev–Trinajstić information content (AvgIpc) is 3.07. The lowest BCUT2D eigenvalue weighted by Gasteiger charge is -2.51. The minimum Gasteiger partial charge on any atom is -0.472 e.